The number of urea groups is 1. The minimum absolute atomic E-state index is 0.0190. The van der Waals surface area contributed by atoms with Gasteiger partial charge in [0.2, 0.25) is 5.91 Å². The van der Waals surface area contributed by atoms with E-state index in [0.29, 0.717) is 6.54 Å². The van der Waals surface area contributed by atoms with Crippen molar-refractivity contribution in [2.45, 2.75) is 12.6 Å². The van der Waals surface area contributed by atoms with Crippen molar-refractivity contribution in [1.82, 2.24) is 20.9 Å². The van der Waals surface area contributed by atoms with Crippen LogP contribution in [0.15, 0.2) is 85.1 Å². The summed E-state index contributed by atoms with van der Waals surface area (Å²) in [5.41, 5.74) is 2.75. The molecule has 142 valence electrons. The molecule has 3 rings (SSSR count). The number of imide groups is 1. The van der Waals surface area contributed by atoms with E-state index in [1.165, 1.54) is 0 Å². The van der Waals surface area contributed by atoms with Crippen LogP contribution in [0.4, 0.5) is 4.79 Å². The highest BCUT2D eigenvalue weighted by Crippen LogP contribution is 2.19. The predicted molar refractivity (Wildman–Crippen MR) is 107 cm³/mol. The molecule has 1 unspecified atom stereocenters. The van der Waals surface area contributed by atoms with Crippen molar-refractivity contribution in [2.24, 2.45) is 0 Å². The Morgan fingerprint density at radius 1 is 0.857 bits per heavy atom. The largest absolute Gasteiger partial charge is 0.334 e. The number of carbonyl (C=O) groups excluding carboxylic acids is 2. The van der Waals surface area contributed by atoms with Crippen LogP contribution in [0.25, 0.3) is 0 Å². The first kappa shape index (κ1) is 19.3. The first-order valence-corrected chi connectivity index (χ1v) is 9.03. The van der Waals surface area contributed by atoms with Gasteiger partial charge in [0.1, 0.15) is 0 Å². The fourth-order valence-electron chi connectivity index (χ4n) is 2.77. The first-order chi connectivity index (χ1) is 13.7. The first-order valence-electron chi connectivity index (χ1n) is 9.03. The van der Waals surface area contributed by atoms with Gasteiger partial charge >= 0.3 is 6.03 Å². The highest BCUT2D eigenvalue weighted by atomic mass is 16.2. The van der Waals surface area contributed by atoms with Crippen LogP contribution in [-0.4, -0.2) is 23.5 Å². The van der Waals surface area contributed by atoms with E-state index in [2.05, 4.69) is 20.9 Å². The van der Waals surface area contributed by atoms with Crippen LogP contribution in [0.1, 0.15) is 22.9 Å². The maximum atomic E-state index is 12.2. The second kappa shape index (κ2) is 9.99. The SMILES string of the molecule is O=C(CNC(c1ccccc1)c1ccccn1)NC(=O)NCc1ccccc1. The lowest BCUT2D eigenvalue weighted by Gasteiger charge is -2.18. The molecule has 0 aliphatic rings. The second-order valence-corrected chi connectivity index (χ2v) is 6.20. The van der Waals surface area contributed by atoms with Gasteiger partial charge in [-0.15, -0.1) is 0 Å². The van der Waals surface area contributed by atoms with Crippen molar-refractivity contribution >= 4 is 11.9 Å². The topological polar surface area (TPSA) is 83.1 Å². The Hall–Kier alpha value is -3.51. The number of rotatable bonds is 7. The van der Waals surface area contributed by atoms with Gasteiger partial charge in [-0.05, 0) is 23.3 Å². The van der Waals surface area contributed by atoms with Crippen LogP contribution in [0.5, 0.6) is 0 Å². The molecule has 0 fully saturated rings. The molecule has 0 saturated heterocycles. The smallest absolute Gasteiger partial charge is 0.321 e. The molecule has 0 spiro atoms. The third-order valence-electron chi connectivity index (χ3n) is 4.13. The Bertz CT molecular complexity index is 847. The molecule has 1 aromatic heterocycles. The number of aromatic nitrogens is 1. The summed E-state index contributed by atoms with van der Waals surface area (Å²) in [4.78, 5) is 28.5. The summed E-state index contributed by atoms with van der Waals surface area (Å²) in [5, 5.41) is 8.18. The van der Waals surface area contributed by atoms with Crippen LogP contribution < -0.4 is 16.0 Å². The fraction of sp³-hybridized carbons (Fsp3) is 0.136. The van der Waals surface area contributed by atoms with E-state index in [1.54, 1.807) is 6.20 Å². The molecule has 0 radical (unpaired) electrons. The monoisotopic (exact) mass is 374 g/mol. The van der Waals surface area contributed by atoms with Gasteiger partial charge in [-0.2, -0.15) is 0 Å². The maximum Gasteiger partial charge on any atom is 0.321 e. The number of carbonyl (C=O) groups is 2. The van der Waals surface area contributed by atoms with Gasteiger partial charge < -0.3 is 5.32 Å². The number of hydrogen-bond acceptors (Lipinski definition) is 4. The van der Waals surface area contributed by atoms with Crippen LogP contribution in [0.3, 0.4) is 0 Å². The number of hydrogen-bond donors (Lipinski definition) is 3. The van der Waals surface area contributed by atoms with Gasteiger partial charge in [-0.1, -0.05) is 66.7 Å². The molecular weight excluding hydrogens is 352 g/mol. The zero-order valence-corrected chi connectivity index (χ0v) is 15.3. The Morgan fingerprint density at radius 2 is 1.54 bits per heavy atom. The van der Waals surface area contributed by atoms with Crippen molar-refractivity contribution in [3.05, 3.63) is 102 Å². The van der Waals surface area contributed by atoms with E-state index in [-0.39, 0.29) is 12.6 Å². The lowest BCUT2D eigenvalue weighted by Crippen LogP contribution is -2.43. The summed E-state index contributed by atoms with van der Waals surface area (Å²) in [7, 11) is 0. The summed E-state index contributed by atoms with van der Waals surface area (Å²) in [5.74, 6) is -0.414. The highest BCUT2D eigenvalue weighted by Gasteiger charge is 2.16. The molecule has 1 heterocycles. The average molecular weight is 374 g/mol. The molecule has 2 aromatic carbocycles. The summed E-state index contributed by atoms with van der Waals surface area (Å²) in [6.07, 6.45) is 1.71. The quantitative estimate of drug-likeness (QED) is 0.594. The zero-order chi connectivity index (χ0) is 19.6. The molecule has 28 heavy (non-hydrogen) atoms. The van der Waals surface area contributed by atoms with Crippen LogP contribution in [-0.2, 0) is 11.3 Å². The molecule has 0 saturated carbocycles. The highest BCUT2D eigenvalue weighted by molar-refractivity contribution is 5.95. The van der Waals surface area contributed by atoms with Gasteiger partial charge in [0, 0.05) is 12.7 Å². The van der Waals surface area contributed by atoms with E-state index in [4.69, 9.17) is 0 Å². The summed E-state index contributed by atoms with van der Waals surface area (Å²) in [6.45, 7) is 0.336. The second-order valence-electron chi connectivity index (χ2n) is 6.20. The number of pyridine rings is 1. The standard InChI is InChI=1S/C22H22N4O2/c27-20(26-22(28)25-15-17-9-3-1-4-10-17)16-24-21(18-11-5-2-6-12-18)19-13-7-8-14-23-19/h1-14,21,24H,15-16H2,(H2,25,26,27,28). The molecule has 0 aliphatic heterocycles. The van der Waals surface area contributed by atoms with Crippen molar-refractivity contribution in [3.8, 4) is 0 Å². The van der Waals surface area contributed by atoms with E-state index < -0.39 is 11.9 Å². The molecule has 6 nitrogen and oxygen atoms in total. The molecule has 0 aliphatic carbocycles. The van der Waals surface area contributed by atoms with Crippen molar-refractivity contribution in [3.63, 3.8) is 0 Å². The molecular formula is C22H22N4O2. The Balaban J connectivity index is 1.54. The third-order valence-corrected chi connectivity index (χ3v) is 4.13. The number of nitrogens with one attached hydrogen (secondary N) is 3. The van der Waals surface area contributed by atoms with Crippen LogP contribution >= 0.6 is 0 Å². The number of amides is 3. The third kappa shape index (κ3) is 5.75. The average Bonchev–Trinajstić information content (AvgIpc) is 2.75. The van der Waals surface area contributed by atoms with Gasteiger partial charge in [0.15, 0.2) is 0 Å². The Morgan fingerprint density at radius 3 is 2.21 bits per heavy atom. The van der Waals surface area contributed by atoms with Crippen LogP contribution in [0.2, 0.25) is 0 Å². The number of nitrogens with zero attached hydrogens (tertiary/aromatic N) is 1. The van der Waals surface area contributed by atoms with Crippen molar-refractivity contribution in [1.29, 1.82) is 0 Å². The molecule has 0 bridgehead atoms. The van der Waals surface area contributed by atoms with E-state index in [0.717, 1.165) is 16.8 Å². The van der Waals surface area contributed by atoms with Crippen LogP contribution in [0, 0.1) is 0 Å². The lowest BCUT2D eigenvalue weighted by atomic mass is 10.0. The molecule has 3 N–H and O–H groups in total. The summed E-state index contributed by atoms with van der Waals surface area (Å²) < 4.78 is 0. The van der Waals surface area contributed by atoms with E-state index >= 15 is 0 Å². The van der Waals surface area contributed by atoms with Crippen molar-refractivity contribution < 1.29 is 9.59 Å². The molecule has 6 heteroatoms. The minimum Gasteiger partial charge on any atom is -0.334 e. The Kier molecular flexibility index (Phi) is 6.87. The molecule has 3 aromatic rings. The van der Waals surface area contributed by atoms with E-state index in [9.17, 15) is 9.59 Å². The van der Waals surface area contributed by atoms with Gasteiger partial charge in [0.05, 0.1) is 18.3 Å². The minimum atomic E-state index is -0.523. The zero-order valence-electron chi connectivity index (χ0n) is 15.3. The summed E-state index contributed by atoms with van der Waals surface area (Å²) in [6, 6.07) is 24.1. The van der Waals surface area contributed by atoms with Gasteiger partial charge in [-0.25, -0.2) is 4.79 Å². The van der Waals surface area contributed by atoms with E-state index in [1.807, 2.05) is 78.9 Å². The molecule has 1 atom stereocenters. The number of benzene rings is 2. The fourth-order valence-corrected chi connectivity index (χ4v) is 2.77. The predicted octanol–water partition coefficient (Wildman–Crippen LogP) is 2.79. The van der Waals surface area contributed by atoms with Gasteiger partial charge in [0.25, 0.3) is 0 Å². The normalized spacial score (nSPS) is 11.4. The van der Waals surface area contributed by atoms with Gasteiger partial charge in [-0.3, -0.25) is 20.4 Å². The summed E-state index contributed by atoms with van der Waals surface area (Å²) >= 11 is 0. The maximum absolute atomic E-state index is 12.2. The lowest BCUT2D eigenvalue weighted by molar-refractivity contribution is -0.119. The Labute approximate surface area is 164 Å². The van der Waals surface area contributed by atoms with Crippen molar-refractivity contribution in [2.75, 3.05) is 6.54 Å². The molecule has 3 amide bonds.